The number of hydrogen-bond donors (Lipinski definition) is 1. The zero-order valence-corrected chi connectivity index (χ0v) is 15.3. The second kappa shape index (κ2) is 9.21. The van der Waals surface area contributed by atoms with Gasteiger partial charge in [-0.15, -0.1) is 11.3 Å². The molecule has 1 saturated heterocycles. The Morgan fingerprint density at radius 2 is 2.24 bits per heavy atom. The predicted molar refractivity (Wildman–Crippen MR) is 94.7 cm³/mol. The number of rotatable bonds is 8. The van der Waals surface area contributed by atoms with Gasteiger partial charge in [0.15, 0.2) is 12.6 Å². The Hall–Kier alpha value is -0.820. The molecule has 1 saturated carbocycles. The molecule has 1 N–H and O–H groups in total. The first-order chi connectivity index (χ1) is 12.2. The summed E-state index contributed by atoms with van der Waals surface area (Å²) < 4.78 is 26.1. The molecule has 6 heteroatoms. The van der Waals surface area contributed by atoms with Crippen LogP contribution in [0.2, 0.25) is 0 Å². The number of aliphatic hydroxyl groups is 1. The smallest absolute Gasteiger partial charge is 0.160 e. The number of alkyl halides is 1. The van der Waals surface area contributed by atoms with Crippen molar-refractivity contribution in [1.29, 1.82) is 0 Å². The lowest BCUT2D eigenvalue weighted by molar-refractivity contribution is -0.198. The van der Waals surface area contributed by atoms with Gasteiger partial charge in [-0.2, -0.15) is 0 Å². The normalized spacial score (nSPS) is 32.8. The Morgan fingerprint density at radius 1 is 1.36 bits per heavy atom. The van der Waals surface area contributed by atoms with Crippen molar-refractivity contribution in [3.8, 4) is 0 Å². The molecule has 1 aromatic heterocycles. The number of halogens is 1. The molecule has 4 nitrogen and oxygen atoms in total. The highest BCUT2D eigenvalue weighted by molar-refractivity contribution is 7.13. The fraction of sp³-hybridized carbons (Fsp3) is 0.737. The van der Waals surface area contributed by atoms with Crippen LogP contribution in [0.5, 0.6) is 0 Å². The minimum Gasteiger partial charge on any atom is -0.396 e. The standard InChI is InChI=1S/C19H27FO4S/c20-17-10-18(24-19-6-1-2-9-23-19)16(12-22)15(17)5-3-4-13-7-8-14(11-21)25-13/h7-8,11,15-19,22H,1-6,9-10,12H2/t15-,16-,17-,18-,19?/m1/s1. The highest BCUT2D eigenvalue weighted by Crippen LogP contribution is 2.40. The fourth-order valence-electron chi connectivity index (χ4n) is 4.04. The van der Waals surface area contributed by atoms with E-state index in [2.05, 4.69) is 0 Å². The van der Waals surface area contributed by atoms with Crippen molar-refractivity contribution in [1.82, 2.24) is 0 Å². The molecule has 140 valence electrons. The summed E-state index contributed by atoms with van der Waals surface area (Å²) in [4.78, 5) is 12.6. The van der Waals surface area contributed by atoms with Gasteiger partial charge in [-0.25, -0.2) is 4.39 Å². The summed E-state index contributed by atoms with van der Waals surface area (Å²) in [6.07, 6.45) is 5.19. The van der Waals surface area contributed by atoms with Crippen LogP contribution < -0.4 is 0 Å². The number of aliphatic hydroxyl groups excluding tert-OH is 1. The third-order valence-electron chi connectivity index (χ3n) is 5.38. The molecule has 1 unspecified atom stereocenters. The maximum absolute atomic E-state index is 14.5. The zero-order valence-electron chi connectivity index (χ0n) is 14.4. The van der Waals surface area contributed by atoms with Gasteiger partial charge in [-0.05, 0) is 56.6 Å². The van der Waals surface area contributed by atoms with Crippen molar-refractivity contribution >= 4 is 17.6 Å². The second-order valence-electron chi connectivity index (χ2n) is 7.05. The molecule has 0 amide bonds. The first-order valence-corrected chi connectivity index (χ1v) is 10.1. The van der Waals surface area contributed by atoms with E-state index in [1.807, 2.05) is 12.1 Å². The van der Waals surface area contributed by atoms with E-state index in [0.29, 0.717) is 13.0 Å². The summed E-state index contributed by atoms with van der Waals surface area (Å²) >= 11 is 1.49. The first-order valence-electron chi connectivity index (χ1n) is 9.27. The van der Waals surface area contributed by atoms with E-state index in [1.165, 1.54) is 11.3 Å². The van der Waals surface area contributed by atoms with Crippen molar-refractivity contribution in [2.75, 3.05) is 13.2 Å². The Bertz CT molecular complexity index is 543. The Kier molecular flexibility index (Phi) is 6.99. The maximum atomic E-state index is 14.5. The minimum atomic E-state index is -0.931. The van der Waals surface area contributed by atoms with E-state index >= 15 is 0 Å². The molecule has 2 fully saturated rings. The number of carbonyl (C=O) groups excluding carboxylic acids is 1. The first kappa shape index (κ1) is 19.0. The van der Waals surface area contributed by atoms with Gasteiger partial charge in [0.2, 0.25) is 0 Å². The molecule has 1 aliphatic carbocycles. The fourth-order valence-corrected chi connectivity index (χ4v) is 4.91. The Morgan fingerprint density at radius 3 is 2.92 bits per heavy atom. The van der Waals surface area contributed by atoms with E-state index in [-0.39, 0.29) is 30.8 Å². The third kappa shape index (κ3) is 4.88. The Balaban J connectivity index is 1.50. The van der Waals surface area contributed by atoms with Gasteiger partial charge in [-0.3, -0.25) is 4.79 Å². The third-order valence-corrected chi connectivity index (χ3v) is 6.45. The van der Waals surface area contributed by atoms with Crippen LogP contribution in [0.4, 0.5) is 4.39 Å². The molecule has 25 heavy (non-hydrogen) atoms. The lowest BCUT2D eigenvalue weighted by atomic mass is 9.90. The van der Waals surface area contributed by atoms with Crippen LogP contribution in [0.3, 0.4) is 0 Å². The van der Waals surface area contributed by atoms with Crippen LogP contribution in [0.25, 0.3) is 0 Å². The average molecular weight is 370 g/mol. The topological polar surface area (TPSA) is 55.8 Å². The van der Waals surface area contributed by atoms with Crippen molar-refractivity contribution in [2.24, 2.45) is 11.8 Å². The number of carbonyl (C=O) groups is 1. The predicted octanol–water partition coefficient (Wildman–Crippen LogP) is 3.76. The van der Waals surface area contributed by atoms with Crippen LogP contribution in [0.15, 0.2) is 12.1 Å². The number of aryl methyl sites for hydroxylation is 1. The largest absolute Gasteiger partial charge is 0.396 e. The quantitative estimate of drug-likeness (QED) is 0.708. The summed E-state index contributed by atoms with van der Waals surface area (Å²) in [7, 11) is 0. The number of thiophene rings is 1. The lowest BCUT2D eigenvalue weighted by Gasteiger charge is -2.29. The minimum absolute atomic E-state index is 0.0449. The SMILES string of the molecule is O=Cc1ccc(CCC[C@@H]2[C@@H](CO)[C@H](OC3CCCCO3)C[C@H]2F)s1. The van der Waals surface area contributed by atoms with Crippen LogP contribution in [0.1, 0.15) is 53.1 Å². The van der Waals surface area contributed by atoms with Crippen LogP contribution in [-0.4, -0.2) is 43.2 Å². The highest BCUT2D eigenvalue weighted by atomic mass is 32.1. The second-order valence-corrected chi connectivity index (χ2v) is 8.25. The summed E-state index contributed by atoms with van der Waals surface area (Å²) in [6, 6.07) is 3.79. The van der Waals surface area contributed by atoms with E-state index < -0.39 is 6.17 Å². The monoisotopic (exact) mass is 370 g/mol. The van der Waals surface area contributed by atoms with Gasteiger partial charge in [0.05, 0.1) is 11.0 Å². The van der Waals surface area contributed by atoms with E-state index in [0.717, 1.165) is 54.6 Å². The summed E-state index contributed by atoms with van der Waals surface area (Å²) in [5.41, 5.74) is 0. The molecule has 1 aliphatic heterocycles. The van der Waals surface area contributed by atoms with E-state index in [9.17, 15) is 14.3 Å². The van der Waals surface area contributed by atoms with Crippen molar-refractivity contribution in [3.63, 3.8) is 0 Å². The number of ether oxygens (including phenoxy) is 2. The summed E-state index contributed by atoms with van der Waals surface area (Å²) in [6.45, 7) is 0.657. The van der Waals surface area contributed by atoms with Crippen LogP contribution >= 0.6 is 11.3 Å². The molecule has 0 bridgehead atoms. The lowest BCUT2D eigenvalue weighted by Crippen LogP contribution is -2.33. The van der Waals surface area contributed by atoms with Gasteiger partial charge >= 0.3 is 0 Å². The van der Waals surface area contributed by atoms with Crippen molar-refractivity contribution in [2.45, 2.75) is 63.5 Å². The molecule has 5 atom stereocenters. The molecule has 0 aromatic carbocycles. The summed E-state index contributed by atoms with van der Waals surface area (Å²) in [5.74, 6) is -0.321. The average Bonchev–Trinajstić information content (AvgIpc) is 3.20. The molecule has 0 radical (unpaired) electrons. The van der Waals surface area contributed by atoms with Gasteiger partial charge < -0.3 is 14.6 Å². The molecule has 3 rings (SSSR count). The van der Waals surface area contributed by atoms with E-state index in [1.54, 1.807) is 0 Å². The van der Waals surface area contributed by atoms with Crippen LogP contribution in [-0.2, 0) is 15.9 Å². The van der Waals surface area contributed by atoms with Crippen molar-refractivity contribution < 1.29 is 23.8 Å². The van der Waals surface area contributed by atoms with Crippen LogP contribution in [0, 0.1) is 11.8 Å². The molecule has 0 spiro atoms. The number of aldehydes is 1. The molecular formula is C19H27FO4S. The molecular weight excluding hydrogens is 343 g/mol. The molecule has 1 aromatic rings. The zero-order chi connectivity index (χ0) is 17.6. The number of hydrogen-bond acceptors (Lipinski definition) is 5. The van der Waals surface area contributed by atoms with Gasteiger partial charge in [0.1, 0.15) is 6.17 Å². The summed E-state index contributed by atoms with van der Waals surface area (Å²) in [5, 5.41) is 9.78. The molecule has 2 aliphatic rings. The molecule has 2 heterocycles. The van der Waals surface area contributed by atoms with Crippen molar-refractivity contribution in [3.05, 3.63) is 21.9 Å². The highest BCUT2D eigenvalue weighted by Gasteiger charge is 2.44. The van der Waals surface area contributed by atoms with Gasteiger partial charge in [0.25, 0.3) is 0 Å². The van der Waals surface area contributed by atoms with E-state index in [4.69, 9.17) is 9.47 Å². The van der Waals surface area contributed by atoms with Gasteiger partial charge in [-0.1, -0.05) is 0 Å². The van der Waals surface area contributed by atoms with Gasteiger partial charge in [0, 0.05) is 30.4 Å². The Labute approximate surface area is 152 Å². The maximum Gasteiger partial charge on any atom is 0.160 e.